The molecule has 3 heteroatoms. The van der Waals surface area contributed by atoms with E-state index in [1.165, 1.54) is 37.7 Å². The molecule has 20 heavy (non-hydrogen) atoms. The molecule has 106 valence electrons. The molecular weight excluding hydrogens is 248 g/mol. The lowest BCUT2D eigenvalue weighted by Crippen LogP contribution is -2.10. The molecule has 1 amide bonds. The topological polar surface area (TPSA) is 41.1 Å². The first kappa shape index (κ1) is 13.2. The molecule has 1 saturated carbocycles. The number of carbonyl (C=O) groups excluding carboxylic acids is 1. The normalized spacial score (nSPS) is 20.1. The third-order valence-corrected chi connectivity index (χ3v) is 4.22. The fourth-order valence-electron chi connectivity index (χ4n) is 3.09. The number of allylic oxidation sites excluding steroid dienone is 1. The van der Waals surface area contributed by atoms with Gasteiger partial charge >= 0.3 is 0 Å². The molecule has 2 N–H and O–H groups in total. The SMILES string of the molecule is O=C1CCNc2c(/C=C/C3CCCCC3)cccc2N1. The summed E-state index contributed by atoms with van der Waals surface area (Å²) >= 11 is 0. The van der Waals surface area contributed by atoms with E-state index in [1.54, 1.807) is 0 Å². The van der Waals surface area contributed by atoms with Crippen LogP contribution in [0.2, 0.25) is 0 Å². The van der Waals surface area contributed by atoms with E-state index in [9.17, 15) is 4.79 Å². The van der Waals surface area contributed by atoms with Crippen LogP contribution in [0.15, 0.2) is 24.3 Å². The average Bonchev–Trinajstić information content (AvgIpc) is 2.67. The molecular formula is C17H22N2O. The number of amides is 1. The second-order valence-electron chi connectivity index (χ2n) is 5.75. The van der Waals surface area contributed by atoms with Crippen LogP contribution in [0, 0.1) is 5.92 Å². The predicted molar refractivity (Wildman–Crippen MR) is 83.8 cm³/mol. The van der Waals surface area contributed by atoms with Gasteiger partial charge in [-0.1, -0.05) is 43.5 Å². The molecule has 1 aliphatic heterocycles. The zero-order chi connectivity index (χ0) is 13.8. The van der Waals surface area contributed by atoms with Gasteiger partial charge in [-0.2, -0.15) is 0 Å². The number of anilines is 2. The lowest BCUT2D eigenvalue weighted by molar-refractivity contribution is -0.115. The summed E-state index contributed by atoms with van der Waals surface area (Å²) in [4.78, 5) is 11.6. The highest BCUT2D eigenvalue weighted by Crippen LogP contribution is 2.31. The van der Waals surface area contributed by atoms with E-state index in [1.807, 2.05) is 12.1 Å². The first-order valence-corrected chi connectivity index (χ1v) is 7.68. The molecule has 0 saturated heterocycles. The molecule has 1 aromatic rings. The van der Waals surface area contributed by atoms with Gasteiger partial charge in [0.15, 0.2) is 0 Å². The second kappa shape index (κ2) is 6.12. The average molecular weight is 270 g/mol. The van der Waals surface area contributed by atoms with Crippen LogP contribution in [0.3, 0.4) is 0 Å². The van der Waals surface area contributed by atoms with Gasteiger partial charge < -0.3 is 10.6 Å². The van der Waals surface area contributed by atoms with Crippen LogP contribution in [-0.2, 0) is 4.79 Å². The molecule has 1 heterocycles. The van der Waals surface area contributed by atoms with Gasteiger partial charge in [0, 0.05) is 13.0 Å². The van der Waals surface area contributed by atoms with E-state index in [2.05, 4.69) is 28.9 Å². The number of nitrogens with one attached hydrogen (secondary N) is 2. The molecule has 1 aliphatic carbocycles. The maximum atomic E-state index is 11.6. The fraction of sp³-hybridized carbons (Fsp3) is 0.471. The van der Waals surface area contributed by atoms with Crippen molar-refractivity contribution in [3.63, 3.8) is 0 Å². The molecule has 0 bridgehead atoms. The standard InChI is InChI=1S/C17H22N2O/c20-16-11-12-18-17-14(7-4-8-15(17)19-16)10-9-13-5-2-1-3-6-13/h4,7-10,13,18H,1-3,5-6,11-12H2,(H,19,20)/b10-9+. The quantitative estimate of drug-likeness (QED) is 0.851. The number of carbonyl (C=O) groups is 1. The maximum absolute atomic E-state index is 11.6. The smallest absolute Gasteiger partial charge is 0.226 e. The Morgan fingerprint density at radius 3 is 2.85 bits per heavy atom. The number of hydrogen-bond acceptors (Lipinski definition) is 2. The van der Waals surface area contributed by atoms with Crippen molar-refractivity contribution in [2.45, 2.75) is 38.5 Å². The third-order valence-electron chi connectivity index (χ3n) is 4.22. The van der Waals surface area contributed by atoms with E-state index >= 15 is 0 Å². The van der Waals surface area contributed by atoms with Gasteiger partial charge in [0.2, 0.25) is 5.91 Å². The Morgan fingerprint density at radius 2 is 2.00 bits per heavy atom. The first-order valence-electron chi connectivity index (χ1n) is 7.68. The van der Waals surface area contributed by atoms with Gasteiger partial charge in [-0.3, -0.25) is 4.79 Å². The minimum absolute atomic E-state index is 0.0876. The fourth-order valence-corrected chi connectivity index (χ4v) is 3.09. The Hall–Kier alpha value is -1.77. The Kier molecular flexibility index (Phi) is 4.05. The van der Waals surface area contributed by atoms with E-state index in [0.717, 1.165) is 17.3 Å². The zero-order valence-electron chi connectivity index (χ0n) is 11.8. The van der Waals surface area contributed by atoms with Crippen LogP contribution in [-0.4, -0.2) is 12.5 Å². The van der Waals surface area contributed by atoms with Crippen molar-refractivity contribution >= 4 is 23.4 Å². The second-order valence-corrected chi connectivity index (χ2v) is 5.75. The van der Waals surface area contributed by atoms with Crippen LogP contribution < -0.4 is 10.6 Å². The largest absolute Gasteiger partial charge is 0.382 e. The van der Waals surface area contributed by atoms with Crippen molar-refractivity contribution in [1.29, 1.82) is 0 Å². The van der Waals surface area contributed by atoms with Gasteiger partial charge in [0.05, 0.1) is 11.4 Å². The maximum Gasteiger partial charge on any atom is 0.226 e. The number of hydrogen-bond donors (Lipinski definition) is 2. The Labute approximate surface area is 120 Å². The van der Waals surface area contributed by atoms with E-state index in [0.29, 0.717) is 13.0 Å². The predicted octanol–water partition coefficient (Wildman–Crippen LogP) is 4.03. The van der Waals surface area contributed by atoms with Crippen LogP contribution in [0.5, 0.6) is 0 Å². The van der Waals surface area contributed by atoms with Gasteiger partial charge in [-0.15, -0.1) is 0 Å². The highest BCUT2D eigenvalue weighted by Gasteiger charge is 2.14. The molecule has 0 aromatic heterocycles. The highest BCUT2D eigenvalue weighted by molar-refractivity contribution is 5.97. The lowest BCUT2D eigenvalue weighted by atomic mass is 9.88. The van der Waals surface area contributed by atoms with E-state index < -0.39 is 0 Å². The molecule has 1 fully saturated rings. The summed E-state index contributed by atoms with van der Waals surface area (Å²) in [6, 6.07) is 6.08. The minimum Gasteiger partial charge on any atom is -0.382 e. The number of benzene rings is 1. The molecule has 1 aromatic carbocycles. The summed E-state index contributed by atoms with van der Waals surface area (Å²) < 4.78 is 0. The van der Waals surface area contributed by atoms with Crippen molar-refractivity contribution in [3.8, 4) is 0 Å². The summed E-state index contributed by atoms with van der Waals surface area (Å²) in [5, 5.41) is 6.34. The Morgan fingerprint density at radius 1 is 1.15 bits per heavy atom. The van der Waals surface area contributed by atoms with Gasteiger partial charge in [0.25, 0.3) is 0 Å². The van der Waals surface area contributed by atoms with Gasteiger partial charge in [0.1, 0.15) is 0 Å². The number of para-hydroxylation sites is 1. The van der Waals surface area contributed by atoms with Crippen LogP contribution in [0.4, 0.5) is 11.4 Å². The van der Waals surface area contributed by atoms with Crippen LogP contribution >= 0.6 is 0 Å². The summed E-state index contributed by atoms with van der Waals surface area (Å²) in [7, 11) is 0. The zero-order valence-corrected chi connectivity index (χ0v) is 11.8. The van der Waals surface area contributed by atoms with Crippen molar-refractivity contribution < 1.29 is 4.79 Å². The van der Waals surface area contributed by atoms with Crippen LogP contribution in [0.25, 0.3) is 6.08 Å². The Balaban J connectivity index is 1.81. The number of fused-ring (bicyclic) bond motifs is 1. The van der Waals surface area contributed by atoms with Crippen molar-refractivity contribution in [3.05, 3.63) is 29.8 Å². The van der Waals surface area contributed by atoms with Gasteiger partial charge in [-0.25, -0.2) is 0 Å². The lowest BCUT2D eigenvalue weighted by Gasteiger charge is -2.18. The molecule has 0 radical (unpaired) electrons. The van der Waals surface area contributed by atoms with Crippen molar-refractivity contribution in [2.75, 3.05) is 17.2 Å². The highest BCUT2D eigenvalue weighted by atomic mass is 16.1. The third kappa shape index (κ3) is 3.03. The molecule has 0 spiro atoms. The van der Waals surface area contributed by atoms with Crippen LogP contribution in [0.1, 0.15) is 44.1 Å². The van der Waals surface area contributed by atoms with E-state index in [4.69, 9.17) is 0 Å². The molecule has 0 atom stereocenters. The first-order chi connectivity index (χ1) is 9.83. The minimum atomic E-state index is 0.0876. The van der Waals surface area contributed by atoms with Crippen molar-refractivity contribution in [2.24, 2.45) is 5.92 Å². The summed E-state index contributed by atoms with van der Waals surface area (Å²) in [5.74, 6) is 0.810. The monoisotopic (exact) mass is 270 g/mol. The van der Waals surface area contributed by atoms with Gasteiger partial charge in [-0.05, 0) is 30.4 Å². The molecule has 3 nitrogen and oxygen atoms in total. The summed E-state index contributed by atoms with van der Waals surface area (Å²) in [6.07, 6.45) is 11.8. The number of rotatable bonds is 2. The molecule has 2 aliphatic rings. The molecule has 3 rings (SSSR count). The van der Waals surface area contributed by atoms with Crippen molar-refractivity contribution in [1.82, 2.24) is 0 Å². The Bertz CT molecular complexity index is 516. The van der Waals surface area contributed by atoms with E-state index in [-0.39, 0.29) is 5.91 Å². The molecule has 0 unspecified atom stereocenters. The summed E-state index contributed by atoms with van der Waals surface area (Å²) in [6.45, 7) is 0.702. The summed E-state index contributed by atoms with van der Waals surface area (Å²) in [5.41, 5.74) is 3.14.